The molecule has 0 fully saturated rings. The topological polar surface area (TPSA) is 90.0 Å². The van der Waals surface area contributed by atoms with Crippen molar-refractivity contribution < 1.29 is 14.7 Å². The number of para-hydroxylation sites is 1. The van der Waals surface area contributed by atoms with Crippen LogP contribution in [0, 0.1) is 0 Å². The van der Waals surface area contributed by atoms with Gasteiger partial charge in [-0.3, -0.25) is 4.98 Å². The fourth-order valence-corrected chi connectivity index (χ4v) is 1.53. The minimum Gasteiger partial charge on any atom is -0.490 e. The van der Waals surface area contributed by atoms with Crippen LogP contribution in [-0.2, 0) is 0 Å². The van der Waals surface area contributed by atoms with Gasteiger partial charge in [0, 0.05) is 12.3 Å². The first-order valence-corrected chi connectivity index (χ1v) is 6.04. The zero-order chi connectivity index (χ0) is 14.2. The van der Waals surface area contributed by atoms with Crippen molar-refractivity contribution in [2.75, 3.05) is 13.2 Å². The lowest BCUT2D eigenvalue weighted by Gasteiger charge is -2.08. The molecule has 2 rings (SSSR count). The van der Waals surface area contributed by atoms with E-state index in [2.05, 4.69) is 10.1 Å². The van der Waals surface area contributed by atoms with E-state index >= 15 is 0 Å². The second-order valence-electron chi connectivity index (χ2n) is 3.87. The molecule has 0 aliphatic heterocycles. The molecule has 1 aromatic heterocycles. The third-order valence-electron chi connectivity index (χ3n) is 2.47. The highest BCUT2D eigenvalue weighted by molar-refractivity contribution is 5.95. The van der Waals surface area contributed by atoms with Gasteiger partial charge in [0.05, 0.1) is 0 Å². The van der Waals surface area contributed by atoms with Crippen molar-refractivity contribution in [3.05, 3.63) is 54.4 Å². The van der Waals surface area contributed by atoms with E-state index in [-0.39, 0.29) is 5.84 Å². The lowest BCUT2D eigenvalue weighted by atomic mass is 10.3. The fourth-order valence-electron chi connectivity index (χ4n) is 1.53. The van der Waals surface area contributed by atoms with E-state index in [1.54, 1.807) is 12.1 Å². The molecule has 1 aromatic carbocycles. The number of hydrogen-bond donors (Lipinski definition) is 2. The predicted octanol–water partition coefficient (Wildman–Crippen LogP) is 1.63. The summed E-state index contributed by atoms with van der Waals surface area (Å²) in [5.41, 5.74) is 5.81. The van der Waals surface area contributed by atoms with Gasteiger partial charge in [0.1, 0.15) is 30.4 Å². The summed E-state index contributed by atoms with van der Waals surface area (Å²) in [6.45, 7) is 0.805. The first-order valence-electron chi connectivity index (χ1n) is 6.04. The van der Waals surface area contributed by atoms with Gasteiger partial charge >= 0.3 is 0 Å². The molecule has 0 amide bonds. The van der Waals surface area contributed by atoms with E-state index in [1.807, 2.05) is 30.3 Å². The maximum absolute atomic E-state index is 8.58. The maximum atomic E-state index is 8.58. The van der Waals surface area contributed by atoms with Gasteiger partial charge in [0.2, 0.25) is 0 Å². The number of ether oxygens (including phenoxy) is 2. The van der Waals surface area contributed by atoms with Gasteiger partial charge in [-0.25, -0.2) is 0 Å². The monoisotopic (exact) mass is 273 g/mol. The molecule has 0 saturated heterocycles. The lowest BCUT2D eigenvalue weighted by Crippen LogP contribution is -2.15. The zero-order valence-corrected chi connectivity index (χ0v) is 10.8. The van der Waals surface area contributed by atoms with Crippen LogP contribution in [0.15, 0.2) is 53.8 Å². The van der Waals surface area contributed by atoms with E-state index < -0.39 is 0 Å². The van der Waals surface area contributed by atoms with Crippen molar-refractivity contribution in [1.82, 2.24) is 4.98 Å². The van der Waals surface area contributed by atoms with Crippen LogP contribution in [-0.4, -0.2) is 29.2 Å². The Balaban J connectivity index is 1.82. The second-order valence-corrected chi connectivity index (χ2v) is 3.87. The molecule has 1 heterocycles. The SMILES string of the molecule is NC(=NO)c1cc(OCCOc2ccccc2)ccn1. The number of benzene rings is 1. The molecule has 104 valence electrons. The van der Waals surface area contributed by atoms with Gasteiger partial charge in [0.25, 0.3) is 0 Å². The predicted molar refractivity (Wildman–Crippen MR) is 74.2 cm³/mol. The third kappa shape index (κ3) is 3.88. The summed E-state index contributed by atoms with van der Waals surface area (Å²) in [7, 11) is 0. The Morgan fingerprint density at radius 3 is 2.50 bits per heavy atom. The molecule has 6 heteroatoms. The average Bonchev–Trinajstić information content (AvgIpc) is 2.52. The Bertz CT molecular complexity index is 573. The Kier molecular flexibility index (Phi) is 4.77. The highest BCUT2D eigenvalue weighted by atomic mass is 16.5. The number of nitrogens with two attached hydrogens (primary N) is 1. The molecular weight excluding hydrogens is 258 g/mol. The molecule has 3 N–H and O–H groups in total. The number of hydrogen-bond acceptors (Lipinski definition) is 5. The van der Waals surface area contributed by atoms with Crippen LogP contribution in [0.4, 0.5) is 0 Å². The molecule has 0 aliphatic carbocycles. The van der Waals surface area contributed by atoms with E-state index in [0.717, 1.165) is 5.75 Å². The van der Waals surface area contributed by atoms with Crippen molar-refractivity contribution in [3.8, 4) is 11.5 Å². The quantitative estimate of drug-likeness (QED) is 0.274. The van der Waals surface area contributed by atoms with Crippen LogP contribution < -0.4 is 15.2 Å². The highest BCUT2D eigenvalue weighted by Gasteiger charge is 2.03. The van der Waals surface area contributed by atoms with E-state index in [0.29, 0.717) is 24.7 Å². The van der Waals surface area contributed by atoms with Crippen LogP contribution in [0.3, 0.4) is 0 Å². The average molecular weight is 273 g/mol. The number of oxime groups is 1. The molecule has 2 aromatic rings. The van der Waals surface area contributed by atoms with Gasteiger partial charge in [-0.2, -0.15) is 0 Å². The van der Waals surface area contributed by atoms with Crippen molar-refractivity contribution in [3.63, 3.8) is 0 Å². The minimum atomic E-state index is -0.0593. The third-order valence-corrected chi connectivity index (χ3v) is 2.47. The summed E-state index contributed by atoms with van der Waals surface area (Å²) < 4.78 is 11.0. The van der Waals surface area contributed by atoms with E-state index in [1.165, 1.54) is 6.20 Å². The minimum absolute atomic E-state index is 0.0593. The van der Waals surface area contributed by atoms with Gasteiger partial charge in [0.15, 0.2) is 5.84 Å². The van der Waals surface area contributed by atoms with Crippen LogP contribution in [0.5, 0.6) is 11.5 Å². The summed E-state index contributed by atoms with van der Waals surface area (Å²) >= 11 is 0. The molecule has 0 atom stereocenters. The molecule has 0 radical (unpaired) electrons. The Morgan fingerprint density at radius 2 is 1.80 bits per heavy atom. The molecule has 0 saturated carbocycles. The molecular formula is C14H15N3O3. The molecule has 0 aliphatic rings. The van der Waals surface area contributed by atoms with Crippen molar-refractivity contribution >= 4 is 5.84 Å². The van der Waals surface area contributed by atoms with Crippen molar-refractivity contribution in [2.45, 2.75) is 0 Å². The summed E-state index contributed by atoms with van der Waals surface area (Å²) in [6.07, 6.45) is 1.53. The molecule has 20 heavy (non-hydrogen) atoms. The Morgan fingerprint density at radius 1 is 1.10 bits per heavy atom. The van der Waals surface area contributed by atoms with Gasteiger partial charge in [-0.1, -0.05) is 23.4 Å². The number of pyridine rings is 1. The number of nitrogens with zero attached hydrogens (tertiary/aromatic N) is 2. The summed E-state index contributed by atoms with van der Waals surface area (Å²) in [5, 5.41) is 11.5. The summed E-state index contributed by atoms with van der Waals surface area (Å²) in [4.78, 5) is 3.96. The zero-order valence-electron chi connectivity index (χ0n) is 10.8. The van der Waals surface area contributed by atoms with Gasteiger partial charge in [-0.05, 0) is 18.2 Å². The van der Waals surface area contributed by atoms with Gasteiger partial charge < -0.3 is 20.4 Å². The first-order chi connectivity index (χ1) is 9.79. The summed E-state index contributed by atoms with van der Waals surface area (Å²) in [6, 6.07) is 12.8. The van der Waals surface area contributed by atoms with Gasteiger partial charge in [-0.15, -0.1) is 0 Å². The number of amidine groups is 1. The van der Waals surface area contributed by atoms with Crippen LogP contribution >= 0.6 is 0 Å². The number of aromatic nitrogens is 1. The van der Waals surface area contributed by atoms with E-state index in [9.17, 15) is 0 Å². The lowest BCUT2D eigenvalue weighted by molar-refractivity contribution is 0.217. The normalized spacial score (nSPS) is 11.1. The van der Waals surface area contributed by atoms with Crippen molar-refractivity contribution in [1.29, 1.82) is 0 Å². The highest BCUT2D eigenvalue weighted by Crippen LogP contribution is 2.11. The maximum Gasteiger partial charge on any atom is 0.188 e. The van der Waals surface area contributed by atoms with Crippen molar-refractivity contribution in [2.24, 2.45) is 10.9 Å². The Labute approximate surface area is 116 Å². The smallest absolute Gasteiger partial charge is 0.188 e. The molecule has 0 spiro atoms. The Hall–Kier alpha value is -2.76. The van der Waals surface area contributed by atoms with E-state index in [4.69, 9.17) is 20.4 Å². The van der Waals surface area contributed by atoms with Crippen LogP contribution in [0.1, 0.15) is 5.69 Å². The standard InChI is InChI=1S/C14H15N3O3/c15-14(17-18)13-10-12(6-7-16-13)20-9-8-19-11-4-2-1-3-5-11/h1-7,10,18H,8-9H2,(H2,15,17). The number of rotatable bonds is 6. The first kappa shape index (κ1) is 13.7. The summed E-state index contributed by atoms with van der Waals surface area (Å²) in [5.74, 6) is 1.32. The largest absolute Gasteiger partial charge is 0.490 e. The fraction of sp³-hybridized carbons (Fsp3) is 0.143. The second kappa shape index (κ2) is 6.98. The molecule has 0 bridgehead atoms. The van der Waals surface area contributed by atoms with Crippen LogP contribution in [0.25, 0.3) is 0 Å². The molecule has 6 nitrogen and oxygen atoms in total. The van der Waals surface area contributed by atoms with Crippen LogP contribution in [0.2, 0.25) is 0 Å². The molecule has 0 unspecified atom stereocenters.